The van der Waals surface area contributed by atoms with Gasteiger partial charge in [0.05, 0.1) is 13.7 Å². The van der Waals surface area contributed by atoms with Gasteiger partial charge in [-0.05, 0) is 24.0 Å². The van der Waals surface area contributed by atoms with Crippen LogP contribution in [-0.2, 0) is 9.59 Å². The van der Waals surface area contributed by atoms with Gasteiger partial charge in [-0.15, -0.1) is 0 Å². The number of nitrogens with zero attached hydrogens (tertiary/aromatic N) is 3. The predicted molar refractivity (Wildman–Crippen MR) is 95.6 cm³/mol. The van der Waals surface area contributed by atoms with E-state index in [2.05, 4.69) is 11.0 Å². The molecular formula is C19H27N3O3. The Morgan fingerprint density at radius 2 is 1.84 bits per heavy atom. The number of likely N-dealkylation sites (N-methyl/N-ethyl adjacent to an activating group) is 1. The summed E-state index contributed by atoms with van der Waals surface area (Å²) in [6.45, 7) is 3.36. The Hall–Kier alpha value is -2.08. The lowest BCUT2D eigenvalue weighted by Gasteiger charge is -2.35. The molecule has 1 heterocycles. The zero-order chi connectivity index (χ0) is 18.0. The van der Waals surface area contributed by atoms with Crippen molar-refractivity contribution in [1.29, 1.82) is 0 Å². The van der Waals surface area contributed by atoms with Crippen molar-refractivity contribution in [2.75, 3.05) is 53.9 Å². The summed E-state index contributed by atoms with van der Waals surface area (Å²) in [5, 5.41) is 0. The summed E-state index contributed by atoms with van der Waals surface area (Å²) in [6, 6.07) is 7.96. The molecule has 1 saturated carbocycles. The minimum absolute atomic E-state index is 0.0752. The number of piperazine rings is 1. The number of carbonyl (C=O) groups is 2. The van der Waals surface area contributed by atoms with Crippen LogP contribution in [0.2, 0.25) is 0 Å². The van der Waals surface area contributed by atoms with E-state index in [1.54, 1.807) is 26.1 Å². The number of carbonyl (C=O) groups excluding carboxylic acids is 2. The first-order valence-corrected chi connectivity index (χ1v) is 8.85. The van der Waals surface area contributed by atoms with E-state index in [9.17, 15) is 9.59 Å². The minimum atomic E-state index is 0.0752. The topological polar surface area (TPSA) is 53.1 Å². The van der Waals surface area contributed by atoms with Crippen LogP contribution in [0.4, 0.5) is 0 Å². The first-order chi connectivity index (χ1) is 12.0. The Kier molecular flexibility index (Phi) is 5.27. The van der Waals surface area contributed by atoms with Gasteiger partial charge in [0.2, 0.25) is 11.8 Å². The van der Waals surface area contributed by atoms with Crippen molar-refractivity contribution in [1.82, 2.24) is 14.7 Å². The van der Waals surface area contributed by atoms with Gasteiger partial charge in [-0.3, -0.25) is 14.5 Å². The fourth-order valence-electron chi connectivity index (χ4n) is 3.48. The zero-order valence-electron chi connectivity index (χ0n) is 15.3. The van der Waals surface area contributed by atoms with Crippen LogP contribution in [0.1, 0.15) is 17.9 Å². The Morgan fingerprint density at radius 3 is 2.48 bits per heavy atom. The Labute approximate surface area is 149 Å². The van der Waals surface area contributed by atoms with Gasteiger partial charge in [-0.2, -0.15) is 0 Å². The third kappa shape index (κ3) is 3.95. The molecule has 1 saturated heterocycles. The third-order valence-electron chi connectivity index (χ3n) is 5.19. The van der Waals surface area contributed by atoms with E-state index in [4.69, 9.17) is 4.74 Å². The van der Waals surface area contributed by atoms with Crippen LogP contribution in [0.15, 0.2) is 24.3 Å². The van der Waals surface area contributed by atoms with Gasteiger partial charge in [0.25, 0.3) is 0 Å². The second kappa shape index (κ2) is 7.44. The van der Waals surface area contributed by atoms with E-state index < -0.39 is 0 Å². The first-order valence-electron chi connectivity index (χ1n) is 8.85. The van der Waals surface area contributed by atoms with Crippen LogP contribution >= 0.6 is 0 Å². The molecular weight excluding hydrogens is 318 g/mol. The molecule has 0 N–H and O–H groups in total. The highest BCUT2D eigenvalue weighted by molar-refractivity contribution is 5.83. The Balaban J connectivity index is 1.52. The van der Waals surface area contributed by atoms with Crippen molar-refractivity contribution in [3.05, 3.63) is 29.8 Å². The first kappa shape index (κ1) is 17.7. The van der Waals surface area contributed by atoms with Crippen molar-refractivity contribution < 1.29 is 14.3 Å². The quantitative estimate of drug-likeness (QED) is 0.800. The molecule has 2 amide bonds. The van der Waals surface area contributed by atoms with Gasteiger partial charge in [0.1, 0.15) is 5.75 Å². The number of rotatable bonds is 5. The summed E-state index contributed by atoms with van der Waals surface area (Å²) < 4.78 is 5.42. The fourth-order valence-corrected chi connectivity index (χ4v) is 3.48. The van der Waals surface area contributed by atoms with Crippen molar-refractivity contribution in [2.45, 2.75) is 12.3 Å². The van der Waals surface area contributed by atoms with Crippen LogP contribution in [0.5, 0.6) is 5.75 Å². The normalized spacial score (nSPS) is 23.2. The predicted octanol–water partition coefficient (Wildman–Crippen LogP) is 1.03. The molecule has 0 unspecified atom stereocenters. The van der Waals surface area contributed by atoms with Crippen molar-refractivity contribution in [3.63, 3.8) is 0 Å². The second-order valence-corrected chi connectivity index (χ2v) is 7.08. The molecule has 0 aromatic heterocycles. The molecule has 6 heteroatoms. The highest BCUT2D eigenvalue weighted by atomic mass is 16.5. The standard InChI is InChI=1S/C19H27N3O3/c1-20(2)18(23)13-21-8-10-22(11-9-21)19(24)16-12-15(16)14-6-4-5-7-17(14)25-3/h4-7,15-16H,8-13H2,1-3H3/t15-,16+/m1/s1. The summed E-state index contributed by atoms with van der Waals surface area (Å²) in [5.41, 5.74) is 1.14. The Bertz CT molecular complexity index is 639. The fraction of sp³-hybridized carbons (Fsp3) is 0.579. The van der Waals surface area contributed by atoms with E-state index in [1.165, 1.54) is 0 Å². The van der Waals surface area contributed by atoms with Crippen LogP contribution < -0.4 is 4.74 Å². The van der Waals surface area contributed by atoms with Crippen LogP contribution in [0.3, 0.4) is 0 Å². The smallest absolute Gasteiger partial charge is 0.236 e. The molecule has 2 atom stereocenters. The number of ether oxygens (including phenoxy) is 1. The van der Waals surface area contributed by atoms with E-state index in [0.717, 1.165) is 30.8 Å². The van der Waals surface area contributed by atoms with Gasteiger partial charge in [-0.25, -0.2) is 0 Å². The molecule has 2 aliphatic rings. The molecule has 0 radical (unpaired) electrons. The van der Waals surface area contributed by atoms with Crippen LogP contribution in [0, 0.1) is 5.92 Å². The van der Waals surface area contributed by atoms with Gasteiger partial charge in [0.15, 0.2) is 0 Å². The maximum atomic E-state index is 12.8. The van der Waals surface area contributed by atoms with Gasteiger partial charge in [-0.1, -0.05) is 18.2 Å². The highest BCUT2D eigenvalue weighted by Crippen LogP contribution is 2.51. The molecule has 3 rings (SSSR count). The number of amides is 2. The maximum Gasteiger partial charge on any atom is 0.236 e. The molecule has 1 aromatic carbocycles. The van der Waals surface area contributed by atoms with E-state index in [-0.39, 0.29) is 23.7 Å². The van der Waals surface area contributed by atoms with E-state index >= 15 is 0 Å². The summed E-state index contributed by atoms with van der Waals surface area (Å²) in [7, 11) is 5.21. The van der Waals surface area contributed by atoms with Crippen molar-refractivity contribution in [2.24, 2.45) is 5.92 Å². The summed E-state index contributed by atoms with van der Waals surface area (Å²) in [6.07, 6.45) is 0.901. The number of hydrogen-bond acceptors (Lipinski definition) is 4. The number of benzene rings is 1. The second-order valence-electron chi connectivity index (χ2n) is 7.08. The van der Waals surface area contributed by atoms with E-state index in [0.29, 0.717) is 19.6 Å². The van der Waals surface area contributed by atoms with E-state index in [1.807, 2.05) is 23.1 Å². The molecule has 6 nitrogen and oxygen atoms in total. The minimum Gasteiger partial charge on any atom is -0.496 e. The number of hydrogen-bond donors (Lipinski definition) is 0. The lowest BCUT2D eigenvalue weighted by atomic mass is 10.1. The molecule has 0 spiro atoms. The lowest BCUT2D eigenvalue weighted by Crippen LogP contribution is -2.51. The third-order valence-corrected chi connectivity index (χ3v) is 5.19. The SMILES string of the molecule is COc1ccccc1[C@H]1C[C@@H]1C(=O)N1CCN(CC(=O)N(C)C)CC1. The van der Waals surface area contributed by atoms with Crippen LogP contribution in [0.25, 0.3) is 0 Å². The summed E-state index contributed by atoms with van der Waals surface area (Å²) in [4.78, 5) is 30.3. The monoisotopic (exact) mass is 345 g/mol. The largest absolute Gasteiger partial charge is 0.496 e. The average molecular weight is 345 g/mol. The molecule has 25 heavy (non-hydrogen) atoms. The van der Waals surface area contributed by atoms with Crippen LogP contribution in [-0.4, -0.2) is 80.4 Å². The molecule has 1 aliphatic carbocycles. The zero-order valence-corrected chi connectivity index (χ0v) is 15.3. The van der Waals surface area contributed by atoms with Gasteiger partial charge < -0.3 is 14.5 Å². The molecule has 0 bridgehead atoms. The van der Waals surface area contributed by atoms with Gasteiger partial charge >= 0.3 is 0 Å². The number of methoxy groups -OCH3 is 1. The lowest BCUT2D eigenvalue weighted by molar-refractivity contribution is -0.135. The Morgan fingerprint density at radius 1 is 1.16 bits per heavy atom. The van der Waals surface area contributed by atoms with Gasteiger partial charge in [0, 0.05) is 46.2 Å². The summed E-state index contributed by atoms with van der Waals surface area (Å²) >= 11 is 0. The summed E-state index contributed by atoms with van der Waals surface area (Å²) in [5.74, 6) is 1.57. The molecule has 136 valence electrons. The maximum absolute atomic E-state index is 12.8. The number of para-hydroxylation sites is 1. The highest BCUT2D eigenvalue weighted by Gasteiger charge is 2.47. The van der Waals surface area contributed by atoms with Crippen molar-refractivity contribution in [3.8, 4) is 5.75 Å². The molecule has 1 aromatic rings. The molecule has 1 aliphatic heterocycles. The average Bonchev–Trinajstić information content (AvgIpc) is 3.42. The molecule has 2 fully saturated rings. The van der Waals surface area contributed by atoms with Crippen molar-refractivity contribution >= 4 is 11.8 Å².